The minimum Gasteiger partial charge on any atom is -0.496 e. The number of para-hydroxylation sites is 1. The van der Waals surface area contributed by atoms with E-state index in [0.717, 1.165) is 18.5 Å². The summed E-state index contributed by atoms with van der Waals surface area (Å²) < 4.78 is 17.7. The summed E-state index contributed by atoms with van der Waals surface area (Å²) in [4.78, 5) is 25.8. The fourth-order valence-electron chi connectivity index (χ4n) is 3.59. The van der Waals surface area contributed by atoms with Gasteiger partial charge in [0.1, 0.15) is 17.1 Å². The van der Waals surface area contributed by atoms with Crippen LogP contribution in [0.1, 0.15) is 36.1 Å². The van der Waals surface area contributed by atoms with E-state index in [0.29, 0.717) is 22.6 Å². The Balaban J connectivity index is 2.35. The zero-order valence-electron chi connectivity index (χ0n) is 16.4. The van der Waals surface area contributed by atoms with Gasteiger partial charge < -0.3 is 24.5 Å². The summed E-state index contributed by atoms with van der Waals surface area (Å²) in [7, 11) is 4.51. The number of nitrogens with two attached hydrogens (primary N) is 1. The van der Waals surface area contributed by atoms with Gasteiger partial charge in [0.15, 0.2) is 0 Å². The minimum absolute atomic E-state index is 0.0778. The van der Waals surface area contributed by atoms with Gasteiger partial charge in [-0.3, -0.25) is 4.79 Å². The maximum atomic E-state index is 13.3. The van der Waals surface area contributed by atoms with Crippen molar-refractivity contribution in [1.82, 2.24) is 4.57 Å². The van der Waals surface area contributed by atoms with Crippen molar-refractivity contribution in [2.75, 3.05) is 14.2 Å². The number of rotatable bonds is 5. The number of carbonyl (C=O) groups is 1. The standard InChI is InChI=1S/C21H24N2O5/c1-5-8-12-11-15-17(20(24)23(12)2)16(13-9-6-7-10-14(13)26-3)18(19(22)28-15)21(25)27-4/h6-7,9-11,16H,5,8,22H2,1-4H3. The van der Waals surface area contributed by atoms with E-state index in [2.05, 4.69) is 0 Å². The number of hydrogen-bond acceptors (Lipinski definition) is 6. The molecule has 28 heavy (non-hydrogen) atoms. The average Bonchev–Trinajstić information content (AvgIpc) is 2.70. The van der Waals surface area contributed by atoms with Gasteiger partial charge in [-0.1, -0.05) is 31.5 Å². The van der Waals surface area contributed by atoms with Gasteiger partial charge >= 0.3 is 5.97 Å². The highest BCUT2D eigenvalue weighted by atomic mass is 16.5. The molecule has 2 aromatic rings. The van der Waals surface area contributed by atoms with E-state index in [9.17, 15) is 9.59 Å². The fourth-order valence-corrected chi connectivity index (χ4v) is 3.59. The zero-order valence-corrected chi connectivity index (χ0v) is 16.4. The van der Waals surface area contributed by atoms with Crippen LogP contribution in [0, 0.1) is 0 Å². The van der Waals surface area contributed by atoms with Gasteiger partial charge in [0.25, 0.3) is 5.56 Å². The molecule has 148 valence electrons. The Kier molecular flexibility index (Phi) is 5.44. The number of ether oxygens (including phenoxy) is 3. The van der Waals surface area contributed by atoms with Crippen LogP contribution in [-0.4, -0.2) is 24.8 Å². The molecule has 0 amide bonds. The molecule has 2 heterocycles. The van der Waals surface area contributed by atoms with E-state index in [-0.39, 0.29) is 17.0 Å². The van der Waals surface area contributed by atoms with Crippen molar-refractivity contribution >= 4 is 5.97 Å². The number of esters is 1. The molecule has 3 rings (SSSR count). The Morgan fingerprint density at radius 1 is 1.29 bits per heavy atom. The maximum absolute atomic E-state index is 13.3. The SMILES string of the molecule is CCCc1cc2c(c(=O)n1C)C(c1ccccc1OC)C(C(=O)OC)=C(N)O2. The number of fused-ring (bicyclic) bond motifs is 1. The van der Waals surface area contributed by atoms with E-state index >= 15 is 0 Å². The Labute approximate surface area is 163 Å². The first-order valence-corrected chi connectivity index (χ1v) is 9.06. The summed E-state index contributed by atoms with van der Waals surface area (Å²) in [5.74, 6) is -0.603. The number of methoxy groups -OCH3 is 2. The molecule has 1 unspecified atom stereocenters. The molecule has 0 aliphatic carbocycles. The normalized spacial score (nSPS) is 15.6. The van der Waals surface area contributed by atoms with Crippen molar-refractivity contribution in [3.8, 4) is 11.5 Å². The summed E-state index contributed by atoms with van der Waals surface area (Å²) in [5, 5.41) is 0. The maximum Gasteiger partial charge on any atom is 0.340 e. The molecule has 0 spiro atoms. The second-order valence-corrected chi connectivity index (χ2v) is 6.57. The second-order valence-electron chi connectivity index (χ2n) is 6.57. The summed E-state index contributed by atoms with van der Waals surface area (Å²) in [6.07, 6.45) is 1.59. The minimum atomic E-state index is -0.762. The fraction of sp³-hybridized carbons (Fsp3) is 0.333. The predicted octanol–water partition coefficient (Wildman–Crippen LogP) is 2.21. The highest BCUT2D eigenvalue weighted by Crippen LogP contribution is 2.44. The molecule has 0 saturated heterocycles. The second kappa shape index (κ2) is 7.80. The Morgan fingerprint density at radius 3 is 2.64 bits per heavy atom. The molecule has 2 N–H and O–H groups in total. The van der Waals surface area contributed by atoms with Crippen LogP contribution in [-0.2, 0) is 23.0 Å². The summed E-state index contributed by atoms with van der Waals surface area (Å²) in [6.45, 7) is 2.03. The van der Waals surface area contributed by atoms with Crippen molar-refractivity contribution in [2.24, 2.45) is 12.8 Å². The molecule has 0 bridgehead atoms. The van der Waals surface area contributed by atoms with Crippen LogP contribution < -0.4 is 20.8 Å². The van der Waals surface area contributed by atoms with Crippen LogP contribution >= 0.6 is 0 Å². The first-order valence-electron chi connectivity index (χ1n) is 9.06. The van der Waals surface area contributed by atoms with Gasteiger partial charge in [0.2, 0.25) is 5.88 Å². The van der Waals surface area contributed by atoms with E-state index < -0.39 is 11.9 Å². The molecule has 1 aliphatic rings. The van der Waals surface area contributed by atoms with Crippen LogP contribution in [0.4, 0.5) is 0 Å². The first-order chi connectivity index (χ1) is 13.4. The highest BCUT2D eigenvalue weighted by Gasteiger charge is 2.39. The molecule has 1 aromatic carbocycles. The van der Waals surface area contributed by atoms with Gasteiger partial charge in [-0.15, -0.1) is 0 Å². The summed E-state index contributed by atoms with van der Waals surface area (Å²) >= 11 is 0. The van der Waals surface area contributed by atoms with Gasteiger partial charge in [0, 0.05) is 24.4 Å². The number of aromatic nitrogens is 1. The molecule has 0 fully saturated rings. The third kappa shape index (κ3) is 3.13. The Hall–Kier alpha value is -3.22. The Morgan fingerprint density at radius 2 is 2.00 bits per heavy atom. The van der Waals surface area contributed by atoms with E-state index in [4.69, 9.17) is 19.9 Å². The van der Waals surface area contributed by atoms with Crippen LogP contribution in [0.5, 0.6) is 11.5 Å². The van der Waals surface area contributed by atoms with Crippen LogP contribution in [0.25, 0.3) is 0 Å². The Bertz CT molecular complexity index is 1010. The van der Waals surface area contributed by atoms with Crippen molar-refractivity contribution in [1.29, 1.82) is 0 Å². The third-order valence-electron chi connectivity index (χ3n) is 4.95. The first kappa shape index (κ1) is 19.5. The van der Waals surface area contributed by atoms with Gasteiger partial charge in [-0.25, -0.2) is 4.79 Å². The van der Waals surface area contributed by atoms with Crippen molar-refractivity contribution in [3.63, 3.8) is 0 Å². The molecular weight excluding hydrogens is 360 g/mol. The molecule has 7 nitrogen and oxygen atoms in total. The summed E-state index contributed by atoms with van der Waals surface area (Å²) in [6, 6.07) is 9.01. The molecule has 1 atom stereocenters. The van der Waals surface area contributed by atoms with Crippen molar-refractivity contribution < 1.29 is 19.0 Å². The van der Waals surface area contributed by atoms with E-state index in [1.165, 1.54) is 14.2 Å². The van der Waals surface area contributed by atoms with Crippen LogP contribution in [0.15, 0.2) is 46.6 Å². The number of nitrogens with zero attached hydrogens (tertiary/aromatic N) is 1. The lowest BCUT2D eigenvalue weighted by atomic mass is 9.82. The van der Waals surface area contributed by atoms with E-state index in [1.807, 2.05) is 25.1 Å². The van der Waals surface area contributed by atoms with Crippen LogP contribution in [0.3, 0.4) is 0 Å². The predicted molar refractivity (Wildman–Crippen MR) is 104 cm³/mol. The molecular formula is C21H24N2O5. The van der Waals surface area contributed by atoms with Crippen LogP contribution in [0.2, 0.25) is 0 Å². The number of benzene rings is 1. The largest absolute Gasteiger partial charge is 0.496 e. The number of carbonyl (C=O) groups excluding carboxylic acids is 1. The zero-order chi connectivity index (χ0) is 20.4. The number of hydrogen-bond donors (Lipinski definition) is 1. The van der Waals surface area contributed by atoms with Gasteiger partial charge in [-0.2, -0.15) is 0 Å². The molecule has 1 aromatic heterocycles. The average molecular weight is 384 g/mol. The highest BCUT2D eigenvalue weighted by molar-refractivity contribution is 5.92. The van der Waals surface area contributed by atoms with Crippen molar-refractivity contribution in [2.45, 2.75) is 25.7 Å². The lowest BCUT2D eigenvalue weighted by Gasteiger charge is -2.29. The van der Waals surface area contributed by atoms with E-state index in [1.54, 1.807) is 23.7 Å². The lowest BCUT2D eigenvalue weighted by molar-refractivity contribution is -0.136. The third-order valence-corrected chi connectivity index (χ3v) is 4.95. The smallest absolute Gasteiger partial charge is 0.340 e. The number of pyridine rings is 1. The van der Waals surface area contributed by atoms with Crippen molar-refractivity contribution in [3.05, 3.63) is 69.0 Å². The van der Waals surface area contributed by atoms with Gasteiger partial charge in [-0.05, 0) is 12.5 Å². The monoisotopic (exact) mass is 384 g/mol. The number of aryl methyl sites for hydroxylation is 1. The molecule has 0 saturated carbocycles. The van der Waals surface area contributed by atoms with Gasteiger partial charge in [0.05, 0.1) is 25.7 Å². The molecule has 0 radical (unpaired) electrons. The summed E-state index contributed by atoms with van der Waals surface area (Å²) in [5.41, 5.74) is 7.75. The quantitative estimate of drug-likeness (QED) is 0.795. The molecule has 7 heteroatoms. The molecule has 1 aliphatic heterocycles. The lowest BCUT2D eigenvalue weighted by Crippen LogP contribution is -2.34. The topological polar surface area (TPSA) is 92.8 Å².